The predicted octanol–water partition coefficient (Wildman–Crippen LogP) is -0.793. The molecule has 2 aliphatic rings. The number of carbonyl (C=O) groups excluding carboxylic acids is 1. The number of ether oxygens (including phenoxy) is 6. The van der Waals surface area contributed by atoms with E-state index in [1.807, 2.05) is 0 Å². The number of fused-ring (bicyclic) bond motifs is 1. The highest BCUT2D eigenvalue weighted by Gasteiger charge is 2.47. The molecule has 3 heterocycles. The van der Waals surface area contributed by atoms with Crippen molar-refractivity contribution >= 4 is 23.0 Å². The summed E-state index contributed by atoms with van der Waals surface area (Å²) in [6.45, 7) is -1.40. The van der Waals surface area contributed by atoms with Gasteiger partial charge in [0.15, 0.2) is 17.3 Å². The number of phenols is 3. The minimum absolute atomic E-state index is 0.107. The standard InChI is InChI=1S/C37H38O19/c1-50-21-10-15(2-8-19(21)40)3-9-25(42)51-14-24-28(44)31(47)32(48)36(55-24)52-18-11-20(41)26-22(12-18)53-34(16-4-6-17(39)7-5-16)35(29(26)45)56-37-33(49)30(46)27(43)23(13-38)54-37/h2-12,23-24,27-28,30-33,36-41,43-44,46-49H,13-14H2,1H3/b9-3+/t23-,24-,27-,28-,30+,31+,32-,33-,36-,37+/m1/s1. The molecule has 2 aliphatic heterocycles. The van der Waals surface area contributed by atoms with Crippen LogP contribution in [0.2, 0.25) is 0 Å². The summed E-state index contributed by atoms with van der Waals surface area (Å²) in [5.74, 6) is -2.98. The summed E-state index contributed by atoms with van der Waals surface area (Å²) in [7, 11) is 1.36. The number of rotatable bonds is 11. The molecule has 0 radical (unpaired) electrons. The van der Waals surface area contributed by atoms with E-state index in [0.29, 0.717) is 5.56 Å². The summed E-state index contributed by atoms with van der Waals surface area (Å²) in [5, 5.41) is 103. The zero-order valence-corrected chi connectivity index (χ0v) is 29.2. The van der Waals surface area contributed by atoms with Gasteiger partial charge in [0.2, 0.25) is 23.8 Å². The van der Waals surface area contributed by atoms with E-state index in [-0.39, 0.29) is 39.9 Å². The number of hydrogen-bond acceptors (Lipinski definition) is 19. The van der Waals surface area contributed by atoms with Crippen molar-refractivity contribution in [3.8, 4) is 45.8 Å². The molecule has 2 saturated heterocycles. The first-order chi connectivity index (χ1) is 26.7. The Balaban J connectivity index is 1.25. The van der Waals surface area contributed by atoms with Gasteiger partial charge in [0.1, 0.15) is 83.7 Å². The second-order valence-corrected chi connectivity index (χ2v) is 12.8. The van der Waals surface area contributed by atoms with Crippen molar-refractivity contribution in [1.29, 1.82) is 0 Å². The third kappa shape index (κ3) is 8.21. The lowest BCUT2D eigenvalue weighted by Crippen LogP contribution is -2.60. The second-order valence-electron chi connectivity index (χ2n) is 12.8. The number of aliphatic hydroxyl groups excluding tert-OH is 7. The van der Waals surface area contributed by atoms with Gasteiger partial charge in [-0.05, 0) is 48.0 Å². The van der Waals surface area contributed by atoms with Crippen LogP contribution in [0, 0.1) is 0 Å². The molecule has 0 aliphatic carbocycles. The molecule has 6 rings (SSSR count). The van der Waals surface area contributed by atoms with Gasteiger partial charge in [0, 0.05) is 23.8 Å². The molecule has 19 heteroatoms. The summed E-state index contributed by atoms with van der Waals surface area (Å²) in [4.78, 5) is 26.4. The van der Waals surface area contributed by atoms with Crippen LogP contribution in [-0.4, -0.2) is 139 Å². The third-order valence-corrected chi connectivity index (χ3v) is 9.04. The van der Waals surface area contributed by atoms with Crippen molar-refractivity contribution < 1.29 is 88.7 Å². The van der Waals surface area contributed by atoms with Crippen LogP contribution < -0.4 is 19.6 Å². The summed E-state index contributed by atoms with van der Waals surface area (Å²) >= 11 is 0. The van der Waals surface area contributed by atoms with Gasteiger partial charge in [0.25, 0.3) is 0 Å². The van der Waals surface area contributed by atoms with Gasteiger partial charge in [0.05, 0.1) is 13.7 Å². The number of hydrogen-bond donors (Lipinski definition) is 10. The maximum absolute atomic E-state index is 13.9. The van der Waals surface area contributed by atoms with E-state index < -0.39 is 103 Å². The highest BCUT2D eigenvalue weighted by Crippen LogP contribution is 2.38. The summed E-state index contributed by atoms with van der Waals surface area (Å²) in [6, 6.07) is 11.6. The van der Waals surface area contributed by atoms with Crippen LogP contribution >= 0.6 is 0 Å². The number of esters is 1. The minimum atomic E-state index is -1.92. The second kappa shape index (κ2) is 16.7. The van der Waals surface area contributed by atoms with Gasteiger partial charge < -0.3 is 83.9 Å². The molecule has 56 heavy (non-hydrogen) atoms. The topological polar surface area (TPSA) is 305 Å². The average molecular weight is 787 g/mol. The SMILES string of the molecule is COc1cc(/C=C/C(=O)OC[C@H]2O[C@@H](Oc3cc(O)c4c(=O)c(O[C@@H]5O[C@H](CO)[C@@H](O)[C@H](O)[C@H]5O)c(-c5ccc(O)cc5)oc4c3)[C@H](O)[C@@H](O)[C@@H]2O)ccc1O. The van der Waals surface area contributed by atoms with E-state index >= 15 is 0 Å². The molecule has 0 saturated carbocycles. The highest BCUT2D eigenvalue weighted by atomic mass is 16.7. The largest absolute Gasteiger partial charge is 0.508 e. The van der Waals surface area contributed by atoms with Crippen molar-refractivity contribution in [2.24, 2.45) is 0 Å². The highest BCUT2D eigenvalue weighted by molar-refractivity contribution is 5.88. The molecule has 2 fully saturated rings. The zero-order valence-electron chi connectivity index (χ0n) is 29.2. The van der Waals surface area contributed by atoms with Crippen molar-refractivity contribution in [2.75, 3.05) is 20.3 Å². The maximum Gasteiger partial charge on any atom is 0.330 e. The Morgan fingerprint density at radius 2 is 1.41 bits per heavy atom. The fraction of sp³-hybridized carbons (Fsp3) is 0.351. The van der Waals surface area contributed by atoms with Gasteiger partial charge >= 0.3 is 5.97 Å². The van der Waals surface area contributed by atoms with E-state index in [1.54, 1.807) is 0 Å². The monoisotopic (exact) mass is 786 g/mol. The minimum Gasteiger partial charge on any atom is -0.508 e. The first-order valence-electron chi connectivity index (χ1n) is 16.9. The molecular weight excluding hydrogens is 748 g/mol. The van der Waals surface area contributed by atoms with Gasteiger partial charge in [-0.2, -0.15) is 0 Å². The molecule has 19 nitrogen and oxygen atoms in total. The smallest absolute Gasteiger partial charge is 0.330 e. The van der Waals surface area contributed by atoms with Crippen molar-refractivity contribution in [3.05, 3.63) is 76.5 Å². The number of methoxy groups -OCH3 is 1. The maximum atomic E-state index is 13.9. The molecule has 3 aromatic carbocycles. The van der Waals surface area contributed by atoms with Crippen LogP contribution in [0.25, 0.3) is 28.4 Å². The lowest BCUT2D eigenvalue weighted by molar-refractivity contribution is -0.278. The molecule has 0 bridgehead atoms. The number of aliphatic hydroxyl groups is 7. The Kier molecular flexibility index (Phi) is 12.0. The van der Waals surface area contributed by atoms with E-state index in [1.165, 1.54) is 55.7 Å². The van der Waals surface area contributed by atoms with E-state index in [0.717, 1.165) is 18.2 Å². The first kappa shape index (κ1) is 40.2. The molecule has 0 unspecified atom stereocenters. The van der Waals surface area contributed by atoms with Crippen LogP contribution in [-0.2, 0) is 19.0 Å². The molecule has 10 N–H and O–H groups in total. The summed E-state index contributed by atoms with van der Waals surface area (Å²) in [6.07, 6.45) is -15.0. The van der Waals surface area contributed by atoms with Gasteiger partial charge in [-0.25, -0.2) is 4.79 Å². The quantitative estimate of drug-likeness (QED) is 0.0658. The van der Waals surface area contributed by atoms with Gasteiger partial charge in [-0.1, -0.05) is 6.07 Å². The lowest BCUT2D eigenvalue weighted by atomic mass is 9.99. The molecule has 0 amide bonds. The van der Waals surface area contributed by atoms with Crippen molar-refractivity contribution in [1.82, 2.24) is 0 Å². The number of aromatic hydroxyl groups is 3. The van der Waals surface area contributed by atoms with Crippen LogP contribution in [0.15, 0.2) is 69.9 Å². The zero-order chi connectivity index (χ0) is 40.4. The predicted molar refractivity (Wildman–Crippen MR) is 188 cm³/mol. The molecule has 0 spiro atoms. The Morgan fingerprint density at radius 3 is 2.07 bits per heavy atom. The van der Waals surface area contributed by atoms with Gasteiger partial charge in [-0.15, -0.1) is 0 Å². The number of carbonyl (C=O) groups is 1. The fourth-order valence-corrected chi connectivity index (χ4v) is 5.98. The normalized spacial score (nSPS) is 27.9. The summed E-state index contributed by atoms with van der Waals surface area (Å²) < 4.78 is 38.6. The molecular formula is C37H38O19. The Bertz CT molecular complexity index is 2110. The Hall–Kier alpha value is -5.48. The molecule has 10 atom stereocenters. The number of phenolic OH excluding ortho intramolecular Hbond substituents is 3. The van der Waals surface area contributed by atoms with Gasteiger partial charge in [-0.3, -0.25) is 4.79 Å². The molecule has 1 aromatic heterocycles. The van der Waals surface area contributed by atoms with Crippen molar-refractivity contribution in [2.45, 2.75) is 61.4 Å². The Morgan fingerprint density at radius 1 is 0.768 bits per heavy atom. The van der Waals surface area contributed by atoms with E-state index in [9.17, 15) is 60.7 Å². The van der Waals surface area contributed by atoms with Crippen LogP contribution in [0.1, 0.15) is 5.56 Å². The van der Waals surface area contributed by atoms with Crippen LogP contribution in [0.4, 0.5) is 0 Å². The van der Waals surface area contributed by atoms with E-state index in [2.05, 4.69) is 0 Å². The Labute approximate surface area is 315 Å². The molecule has 4 aromatic rings. The first-order valence-corrected chi connectivity index (χ1v) is 16.9. The van der Waals surface area contributed by atoms with Crippen LogP contribution in [0.5, 0.6) is 34.5 Å². The third-order valence-electron chi connectivity index (χ3n) is 9.04. The van der Waals surface area contributed by atoms with Crippen molar-refractivity contribution in [3.63, 3.8) is 0 Å². The average Bonchev–Trinajstić information content (AvgIpc) is 3.18. The summed E-state index contributed by atoms with van der Waals surface area (Å²) in [5.41, 5.74) is -0.739. The van der Waals surface area contributed by atoms with Crippen LogP contribution in [0.3, 0.4) is 0 Å². The number of benzene rings is 3. The lowest BCUT2D eigenvalue weighted by Gasteiger charge is -2.39. The van der Waals surface area contributed by atoms with E-state index in [4.69, 9.17) is 32.8 Å². The molecule has 300 valence electrons. The fourth-order valence-electron chi connectivity index (χ4n) is 5.98.